The zero-order valence-corrected chi connectivity index (χ0v) is 16.9. The Labute approximate surface area is 179 Å². The second-order valence-electron chi connectivity index (χ2n) is 7.55. The molecule has 0 spiro atoms. The van der Waals surface area contributed by atoms with Gasteiger partial charge in [-0.15, -0.1) is 0 Å². The Bertz CT molecular complexity index is 1270. The molecule has 0 radical (unpaired) electrons. The van der Waals surface area contributed by atoms with Crippen molar-refractivity contribution >= 4 is 34.1 Å². The number of hydrogen-bond donors (Lipinski definition) is 1. The molecule has 30 heavy (non-hydrogen) atoms. The highest BCUT2D eigenvalue weighted by Crippen LogP contribution is 2.36. The van der Waals surface area contributed by atoms with Crippen LogP contribution in [0.25, 0.3) is 33.4 Å². The van der Waals surface area contributed by atoms with E-state index in [-0.39, 0.29) is 23.2 Å². The molecule has 2 aromatic carbocycles. The largest absolute Gasteiger partial charge is 0.382 e. The summed E-state index contributed by atoms with van der Waals surface area (Å²) in [5.41, 5.74) is 10.0. The third kappa shape index (κ3) is 3.21. The number of nitrogen functional groups attached to an aromatic ring is 1. The number of nitrogens with zero attached hydrogens (tertiary/aromatic N) is 3. The minimum absolute atomic E-state index is 0.0126. The van der Waals surface area contributed by atoms with Gasteiger partial charge in [0.2, 0.25) is 0 Å². The van der Waals surface area contributed by atoms with Gasteiger partial charge < -0.3 is 5.73 Å². The summed E-state index contributed by atoms with van der Waals surface area (Å²) < 4.78 is 0. The molecule has 2 heterocycles. The summed E-state index contributed by atoms with van der Waals surface area (Å²) in [5, 5.41) is 1.41. The fraction of sp³-hybridized carbons (Fsp3) is 0.167. The number of halogens is 1. The number of ketones is 1. The average molecular weight is 415 g/mol. The number of rotatable bonds is 4. The normalized spacial score (nSPS) is 13.9. The van der Waals surface area contributed by atoms with Gasteiger partial charge in [-0.1, -0.05) is 54.4 Å². The molecule has 6 heteroatoms. The molecule has 0 aliphatic heterocycles. The van der Waals surface area contributed by atoms with Crippen molar-refractivity contribution in [3.05, 3.63) is 71.5 Å². The van der Waals surface area contributed by atoms with E-state index in [1.54, 1.807) is 6.20 Å². The Morgan fingerprint density at radius 3 is 2.47 bits per heavy atom. The molecule has 5 nitrogen and oxygen atoms in total. The van der Waals surface area contributed by atoms with Crippen LogP contribution in [0.2, 0.25) is 5.02 Å². The number of fused-ring (bicyclic) bond motifs is 1. The lowest BCUT2D eigenvalue weighted by atomic mass is 9.81. The van der Waals surface area contributed by atoms with Gasteiger partial charge in [-0.2, -0.15) is 0 Å². The fourth-order valence-corrected chi connectivity index (χ4v) is 4.05. The molecule has 0 atom stereocenters. The number of carbonyl (C=O) groups is 1. The first kappa shape index (κ1) is 18.7. The molecule has 5 rings (SSSR count). The van der Waals surface area contributed by atoms with Crippen LogP contribution in [0, 0.1) is 5.92 Å². The van der Waals surface area contributed by atoms with Crippen molar-refractivity contribution in [3.8, 4) is 22.5 Å². The summed E-state index contributed by atoms with van der Waals surface area (Å²) >= 11 is 6.52. The second-order valence-corrected chi connectivity index (χ2v) is 7.95. The van der Waals surface area contributed by atoms with Crippen molar-refractivity contribution < 1.29 is 4.79 Å². The maximum absolute atomic E-state index is 12.9. The van der Waals surface area contributed by atoms with E-state index in [0.29, 0.717) is 16.4 Å². The lowest BCUT2D eigenvalue weighted by molar-refractivity contribution is 0.0850. The summed E-state index contributed by atoms with van der Waals surface area (Å²) in [5.74, 6) is 0.130. The van der Waals surface area contributed by atoms with Crippen LogP contribution in [0.1, 0.15) is 29.8 Å². The number of nitrogens with two attached hydrogens (primary N) is 1. The lowest BCUT2D eigenvalue weighted by Gasteiger charge is -2.24. The first-order valence-corrected chi connectivity index (χ1v) is 10.3. The number of pyridine rings is 1. The second kappa shape index (κ2) is 7.50. The van der Waals surface area contributed by atoms with Crippen LogP contribution in [-0.4, -0.2) is 20.7 Å². The van der Waals surface area contributed by atoms with Crippen LogP contribution in [0.3, 0.4) is 0 Å². The van der Waals surface area contributed by atoms with Gasteiger partial charge in [0, 0.05) is 28.6 Å². The predicted molar refractivity (Wildman–Crippen MR) is 119 cm³/mol. The maximum atomic E-state index is 12.9. The molecule has 148 valence electrons. The Hall–Kier alpha value is -3.31. The summed E-state index contributed by atoms with van der Waals surface area (Å²) in [6.45, 7) is 0. The van der Waals surface area contributed by atoms with Crippen molar-refractivity contribution in [2.45, 2.75) is 19.3 Å². The molecule has 2 aromatic heterocycles. The minimum atomic E-state index is -0.0272. The third-order valence-electron chi connectivity index (χ3n) is 5.61. The van der Waals surface area contributed by atoms with Crippen LogP contribution < -0.4 is 5.73 Å². The van der Waals surface area contributed by atoms with Crippen LogP contribution in [0.4, 0.5) is 5.82 Å². The highest BCUT2D eigenvalue weighted by Gasteiger charge is 2.30. The van der Waals surface area contributed by atoms with Gasteiger partial charge >= 0.3 is 0 Å². The molecule has 0 unspecified atom stereocenters. The summed E-state index contributed by atoms with van der Waals surface area (Å²) in [7, 11) is 0. The van der Waals surface area contributed by atoms with E-state index in [1.165, 1.54) is 0 Å². The maximum Gasteiger partial charge on any atom is 0.188 e. The molecule has 2 N–H and O–H groups in total. The Morgan fingerprint density at radius 1 is 0.967 bits per heavy atom. The number of benzene rings is 2. The van der Waals surface area contributed by atoms with Crippen molar-refractivity contribution in [1.82, 2.24) is 15.0 Å². The van der Waals surface area contributed by atoms with Gasteiger partial charge in [-0.25, -0.2) is 9.97 Å². The highest BCUT2D eigenvalue weighted by atomic mass is 35.5. The van der Waals surface area contributed by atoms with E-state index >= 15 is 0 Å². The van der Waals surface area contributed by atoms with E-state index in [9.17, 15) is 4.79 Å². The molecule has 1 saturated carbocycles. The molecule has 4 aromatic rings. The number of anilines is 1. The Balaban J connectivity index is 1.75. The standard InChI is InChI=1S/C24H19ClN4O/c25-18-13-17(12-16-10-5-11-27-19(16)18)21-20(14-6-2-1-3-7-14)29-24(26)22(28-21)23(30)15-8-4-9-15/h1-3,5-7,10-13,15H,4,8-9H2,(H2,26,29). The summed E-state index contributed by atoms with van der Waals surface area (Å²) in [6.07, 6.45) is 4.53. The molecule has 0 amide bonds. The van der Waals surface area contributed by atoms with Gasteiger partial charge in [0.05, 0.1) is 21.9 Å². The summed E-state index contributed by atoms with van der Waals surface area (Å²) in [6, 6.07) is 17.3. The number of carbonyl (C=O) groups excluding carboxylic acids is 1. The first-order chi connectivity index (χ1) is 14.6. The fourth-order valence-electron chi connectivity index (χ4n) is 3.78. The zero-order chi connectivity index (χ0) is 20.7. The quantitative estimate of drug-likeness (QED) is 0.441. The highest BCUT2D eigenvalue weighted by molar-refractivity contribution is 6.35. The Morgan fingerprint density at radius 2 is 1.73 bits per heavy atom. The molecular formula is C24H19ClN4O. The number of hydrogen-bond acceptors (Lipinski definition) is 5. The predicted octanol–water partition coefficient (Wildman–Crippen LogP) is 5.58. The molecular weight excluding hydrogens is 396 g/mol. The van der Waals surface area contributed by atoms with Crippen molar-refractivity contribution in [2.75, 3.05) is 5.73 Å². The van der Waals surface area contributed by atoms with Gasteiger partial charge in [0.1, 0.15) is 5.69 Å². The van der Waals surface area contributed by atoms with E-state index < -0.39 is 0 Å². The van der Waals surface area contributed by atoms with Crippen LogP contribution in [0.5, 0.6) is 0 Å². The zero-order valence-electron chi connectivity index (χ0n) is 16.2. The van der Waals surface area contributed by atoms with Gasteiger partial charge in [-0.3, -0.25) is 9.78 Å². The minimum Gasteiger partial charge on any atom is -0.382 e. The van der Waals surface area contributed by atoms with Gasteiger partial charge in [-0.05, 0) is 31.0 Å². The number of Topliss-reactive ketones (excluding diaryl/α,β-unsaturated/α-hetero) is 1. The molecule has 1 aliphatic rings. The van der Waals surface area contributed by atoms with E-state index in [1.807, 2.05) is 54.6 Å². The smallest absolute Gasteiger partial charge is 0.188 e. The van der Waals surface area contributed by atoms with Crippen molar-refractivity contribution in [2.24, 2.45) is 5.92 Å². The molecule has 1 fully saturated rings. The van der Waals surface area contributed by atoms with Crippen molar-refractivity contribution in [1.29, 1.82) is 0 Å². The molecule has 0 saturated heterocycles. The SMILES string of the molecule is Nc1nc(-c2ccccc2)c(-c2cc(Cl)c3ncccc3c2)nc1C(=O)C1CCC1. The van der Waals surface area contributed by atoms with E-state index in [4.69, 9.17) is 22.3 Å². The van der Waals surface area contributed by atoms with Crippen LogP contribution in [0.15, 0.2) is 60.8 Å². The third-order valence-corrected chi connectivity index (χ3v) is 5.90. The lowest BCUT2D eigenvalue weighted by Crippen LogP contribution is -2.24. The monoisotopic (exact) mass is 414 g/mol. The molecule has 0 bridgehead atoms. The van der Waals surface area contributed by atoms with E-state index in [2.05, 4.69) is 9.97 Å². The van der Waals surface area contributed by atoms with Gasteiger partial charge in [0.25, 0.3) is 0 Å². The average Bonchev–Trinajstić information content (AvgIpc) is 2.73. The Kier molecular flexibility index (Phi) is 4.68. The first-order valence-electron chi connectivity index (χ1n) is 9.93. The topological polar surface area (TPSA) is 81.8 Å². The van der Waals surface area contributed by atoms with Gasteiger partial charge in [0.15, 0.2) is 11.6 Å². The summed E-state index contributed by atoms with van der Waals surface area (Å²) in [4.78, 5) is 26.7. The van der Waals surface area contributed by atoms with Crippen molar-refractivity contribution in [3.63, 3.8) is 0 Å². The van der Waals surface area contributed by atoms with Crippen LogP contribution >= 0.6 is 11.6 Å². The molecule has 1 aliphatic carbocycles. The van der Waals surface area contributed by atoms with E-state index in [0.717, 1.165) is 41.3 Å². The van der Waals surface area contributed by atoms with Crippen LogP contribution in [-0.2, 0) is 0 Å². The number of aromatic nitrogens is 3.